The first-order chi connectivity index (χ1) is 27.0. The van der Waals surface area contributed by atoms with Gasteiger partial charge in [-0.05, 0) is 181 Å². The number of carbonyl (C=O) groups excluding carboxylic acids is 4. The Labute approximate surface area is 342 Å². The number of benzene rings is 2. The minimum Gasteiger partial charge on any atom is -0.341 e. The van der Waals surface area contributed by atoms with Crippen LogP contribution < -0.4 is 20.7 Å². The smallest absolute Gasteiger partial charge is 0.332 e. The molecule has 12 nitrogen and oxygen atoms in total. The first kappa shape index (κ1) is 46.6. The molecule has 0 aromatic heterocycles. The number of hydrogen-bond acceptors (Lipinski definition) is 8. The maximum atomic E-state index is 12.3. The Bertz CT molecular complexity index is 1670. The number of aryl methyl sites for hydroxylation is 4. The summed E-state index contributed by atoms with van der Waals surface area (Å²) in [6, 6.07) is 3.92. The zero-order chi connectivity index (χ0) is 41.1. The van der Waals surface area contributed by atoms with E-state index in [0.29, 0.717) is 13.0 Å². The van der Waals surface area contributed by atoms with E-state index in [1.807, 2.05) is 25.8 Å². The molecule has 0 saturated carbocycles. The number of sulfonamides is 1. The molecule has 320 valence electrons. The predicted molar refractivity (Wildman–Crippen MR) is 236 cm³/mol. The third-order valence-corrected chi connectivity index (χ3v) is 12.4. The summed E-state index contributed by atoms with van der Waals surface area (Å²) in [6.45, 7) is 10.5. The first-order valence-corrected chi connectivity index (χ1v) is 22.4. The van der Waals surface area contributed by atoms with Crippen LogP contribution in [0.3, 0.4) is 0 Å². The van der Waals surface area contributed by atoms with Gasteiger partial charge in [-0.3, -0.25) is 0 Å². The normalized spacial score (nSPS) is 14.5. The Balaban J connectivity index is 0. The van der Waals surface area contributed by atoms with E-state index in [-0.39, 0.29) is 17.5 Å². The highest BCUT2D eigenvalue weighted by Gasteiger charge is 2.27. The fourth-order valence-corrected chi connectivity index (χ4v) is 9.24. The summed E-state index contributed by atoms with van der Waals surface area (Å²) in [5.41, 5.74) is 12.7. The van der Waals surface area contributed by atoms with E-state index >= 15 is 0 Å². The Morgan fingerprint density at radius 3 is 1.54 bits per heavy atom. The van der Waals surface area contributed by atoms with Crippen molar-refractivity contribution >= 4 is 46.5 Å². The number of rotatable bonds is 15. The van der Waals surface area contributed by atoms with Gasteiger partial charge < -0.3 is 35.3 Å². The predicted octanol–water partition coefficient (Wildman–Crippen LogP) is 7.37. The maximum Gasteiger partial charge on any atom is 0.332 e. The van der Waals surface area contributed by atoms with Crippen LogP contribution in [0.4, 0.5) is 21.0 Å². The molecule has 4 aliphatic carbocycles. The lowest BCUT2D eigenvalue weighted by Gasteiger charge is -2.17. The summed E-state index contributed by atoms with van der Waals surface area (Å²) >= 11 is 0. The van der Waals surface area contributed by atoms with Gasteiger partial charge in [-0.15, -0.1) is 0 Å². The number of anilines is 2. The fraction of sp³-hybridized carbons (Fsp3) is 0.628. The van der Waals surface area contributed by atoms with Crippen LogP contribution in [0, 0.1) is 0 Å². The van der Waals surface area contributed by atoms with E-state index in [1.165, 1.54) is 89.6 Å². The highest BCUT2D eigenvalue weighted by Crippen LogP contribution is 2.39. The average molecular weight is 805 g/mol. The van der Waals surface area contributed by atoms with Gasteiger partial charge >= 0.3 is 12.1 Å². The van der Waals surface area contributed by atoms with Crippen LogP contribution in [-0.4, -0.2) is 96.4 Å². The molecule has 4 aliphatic rings. The number of nitrogens with zero attached hydrogens (tertiary/aromatic N) is 2. The zero-order valence-corrected chi connectivity index (χ0v) is 35.6. The average Bonchev–Trinajstić information content (AvgIpc) is 4.02. The van der Waals surface area contributed by atoms with Gasteiger partial charge in [0.25, 0.3) is 0 Å². The van der Waals surface area contributed by atoms with Crippen LogP contribution in [0.15, 0.2) is 12.1 Å². The van der Waals surface area contributed by atoms with Gasteiger partial charge in [0.05, 0.1) is 5.75 Å². The minimum absolute atomic E-state index is 0. The first-order valence-electron chi connectivity index (χ1n) is 20.7. The van der Waals surface area contributed by atoms with Crippen LogP contribution in [-0.2, 0) is 71.0 Å². The van der Waals surface area contributed by atoms with Crippen molar-refractivity contribution in [3.05, 3.63) is 56.6 Å². The van der Waals surface area contributed by atoms with Gasteiger partial charge in [-0.25, -0.2) is 22.7 Å². The molecule has 0 spiro atoms. The molecule has 0 atom stereocenters. The molecule has 0 saturated heterocycles. The standard InChI is InChI=1S/C18H27N3O3S.C14H18N2O.C10H21NO.CH2O.4H2/c1-21(2)10-5-11-25(23,24)20-18(22)19-17-15-8-3-6-13(15)12-14-7-4-9-16(14)17;1-15-14(17)16-13-11-6-2-4-9(11)8-10-5-3-7-12(10)13;1-3-11(4-2)9-7-5-6-8-10-12;1-2;;;;/h12H,3-11H2,1-2H3,(H2,19,20,22);8H,2-7H2,1H3,(H2,15,16,17);10H,3-9H2,1-2H3;1H2;4*1H. The lowest BCUT2D eigenvalue weighted by Crippen LogP contribution is -2.37. The number of fused-ring (bicyclic) bond motifs is 4. The van der Waals surface area contributed by atoms with E-state index in [2.05, 4.69) is 51.6 Å². The van der Waals surface area contributed by atoms with Gasteiger partial charge in [-0.2, -0.15) is 0 Å². The third kappa shape index (κ3) is 14.0. The summed E-state index contributed by atoms with van der Waals surface area (Å²) in [4.78, 5) is 46.2. The Hall–Kier alpha value is -3.81. The summed E-state index contributed by atoms with van der Waals surface area (Å²) in [7, 11) is 1.84. The van der Waals surface area contributed by atoms with Crippen molar-refractivity contribution in [1.82, 2.24) is 19.8 Å². The molecule has 4 N–H and O–H groups in total. The lowest BCUT2D eigenvalue weighted by atomic mass is 9.99. The molecule has 2 aromatic carbocycles. The molecular formula is C43H76N6O6S. The number of aldehydes is 1. The van der Waals surface area contributed by atoms with Crippen molar-refractivity contribution in [3.8, 4) is 0 Å². The monoisotopic (exact) mass is 805 g/mol. The molecular weight excluding hydrogens is 729 g/mol. The van der Waals surface area contributed by atoms with Crippen molar-refractivity contribution in [2.45, 2.75) is 123 Å². The molecule has 13 heteroatoms. The number of urea groups is 2. The maximum absolute atomic E-state index is 12.3. The van der Waals surface area contributed by atoms with Crippen LogP contribution >= 0.6 is 0 Å². The molecule has 0 heterocycles. The van der Waals surface area contributed by atoms with Crippen LogP contribution in [0.2, 0.25) is 0 Å². The quantitative estimate of drug-likeness (QED) is 0.107. The lowest BCUT2D eigenvalue weighted by molar-refractivity contribution is -0.108. The summed E-state index contributed by atoms with van der Waals surface area (Å²) in [5, 5.41) is 8.55. The highest BCUT2D eigenvalue weighted by molar-refractivity contribution is 7.90. The number of unbranched alkanes of at least 4 members (excludes halogenated alkanes) is 3. The molecule has 6 rings (SSSR count). The van der Waals surface area contributed by atoms with Crippen LogP contribution in [0.25, 0.3) is 0 Å². The van der Waals surface area contributed by atoms with E-state index < -0.39 is 16.1 Å². The minimum atomic E-state index is -3.61. The zero-order valence-electron chi connectivity index (χ0n) is 34.7. The molecule has 0 unspecified atom stereocenters. The molecule has 0 bridgehead atoms. The SMILES string of the molecule is C=O.CCN(CC)CCCCCC=O.CN(C)CCCS(=O)(=O)NC(=O)Nc1c2c(cc3c1CCC3)CCC2.CNC(=O)Nc1c2c(cc3c1CCC3)CCC2.[HH].[HH].[HH].[HH]. The molecule has 56 heavy (non-hydrogen) atoms. The fourth-order valence-electron chi connectivity index (χ4n) is 8.29. The second kappa shape index (κ2) is 24.1. The van der Waals surface area contributed by atoms with Crippen molar-refractivity contribution in [2.24, 2.45) is 0 Å². The molecule has 0 fully saturated rings. The van der Waals surface area contributed by atoms with E-state index in [4.69, 9.17) is 4.79 Å². The van der Waals surface area contributed by atoms with E-state index in [9.17, 15) is 22.8 Å². The summed E-state index contributed by atoms with van der Waals surface area (Å²) in [5.74, 6) is -0.0520. The largest absolute Gasteiger partial charge is 0.341 e. The van der Waals surface area contributed by atoms with E-state index in [1.54, 1.807) is 7.05 Å². The molecule has 0 aliphatic heterocycles. The topological polar surface area (TPSA) is 157 Å². The Kier molecular flexibility index (Phi) is 20.0. The van der Waals surface area contributed by atoms with Crippen molar-refractivity contribution in [1.29, 1.82) is 0 Å². The highest BCUT2D eigenvalue weighted by atomic mass is 32.2. The molecule has 4 amide bonds. The van der Waals surface area contributed by atoms with Crippen LogP contribution in [0.1, 0.15) is 122 Å². The van der Waals surface area contributed by atoms with Gasteiger partial charge in [0.1, 0.15) is 13.1 Å². The number of nitrogens with one attached hydrogen (secondary N) is 4. The van der Waals surface area contributed by atoms with Crippen LogP contribution in [0.5, 0.6) is 0 Å². The second-order valence-corrected chi connectivity index (χ2v) is 17.1. The van der Waals surface area contributed by atoms with Gasteiger partial charge in [-0.1, -0.05) is 32.4 Å². The second-order valence-electron chi connectivity index (χ2n) is 15.2. The molecule has 0 radical (unpaired) electrons. The van der Waals surface area contributed by atoms with Gasteiger partial charge in [0, 0.05) is 30.5 Å². The summed E-state index contributed by atoms with van der Waals surface area (Å²) in [6.07, 6.45) is 18.9. The number of hydrogen-bond donors (Lipinski definition) is 4. The Morgan fingerprint density at radius 2 is 1.14 bits per heavy atom. The van der Waals surface area contributed by atoms with Gasteiger partial charge in [0.2, 0.25) is 10.0 Å². The van der Waals surface area contributed by atoms with Crippen molar-refractivity contribution in [2.75, 3.05) is 63.7 Å². The Morgan fingerprint density at radius 1 is 0.696 bits per heavy atom. The number of carbonyl (C=O) groups is 4. The van der Waals surface area contributed by atoms with Crippen molar-refractivity contribution in [3.63, 3.8) is 0 Å². The summed E-state index contributed by atoms with van der Waals surface area (Å²) < 4.78 is 26.3. The van der Waals surface area contributed by atoms with Crippen molar-refractivity contribution < 1.29 is 33.3 Å². The molecule has 2 aromatic rings. The third-order valence-electron chi connectivity index (χ3n) is 11.1. The number of amides is 4. The van der Waals surface area contributed by atoms with E-state index in [0.717, 1.165) is 95.0 Å². The van der Waals surface area contributed by atoms with Gasteiger partial charge in [0.15, 0.2) is 0 Å².